The maximum absolute atomic E-state index is 12.3. The van der Waals surface area contributed by atoms with Crippen molar-refractivity contribution in [3.63, 3.8) is 0 Å². The van der Waals surface area contributed by atoms with Crippen molar-refractivity contribution < 1.29 is 22.7 Å². The molecule has 0 radical (unpaired) electrons. The quantitative estimate of drug-likeness (QED) is 0.415. The third-order valence-corrected chi connectivity index (χ3v) is 6.36. The smallest absolute Gasteiger partial charge is 0.316 e. The molecule has 0 fully saturated rings. The third kappa shape index (κ3) is 5.92. The number of hydrogen-bond acceptors (Lipinski definition) is 9. The van der Waals surface area contributed by atoms with E-state index in [1.165, 1.54) is 42.9 Å². The van der Waals surface area contributed by atoms with Gasteiger partial charge in [-0.2, -0.15) is 0 Å². The number of carbonyl (C=O) groups is 2. The number of sulfonamides is 1. The molecule has 0 saturated carbocycles. The van der Waals surface area contributed by atoms with E-state index in [4.69, 9.17) is 10.5 Å². The molecule has 2 aromatic rings. The van der Waals surface area contributed by atoms with E-state index in [0.717, 1.165) is 16.1 Å². The van der Waals surface area contributed by atoms with E-state index in [9.17, 15) is 18.0 Å². The van der Waals surface area contributed by atoms with E-state index >= 15 is 0 Å². The van der Waals surface area contributed by atoms with Gasteiger partial charge in [0.15, 0.2) is 5.16 Å². The molecule has 0 aliphatic rings. The molecule has 11 nitrogen and oxygen atoms in total. The first-order valence-corrected chi connectivity index (χ1v) is 10.9. The number of rotatable bonds is 9. The van der Waals surface area contributed by atoms with Gasteiger partial charge in [-0.05, 0) is 31.2 Å². The third-order valence-electron chi connectivity index (χ3n) is 3.59. The number of nitrogens with two attached hydrogens (primary N) is 1. The van der Waals surface area contributed by atoms with E-state index < -0.39 is 21.9 Å². The largest absolute Gasteiger partial charge is 0.465 e. The zero-order valence-corrected chi connectivity index (χ0v) is 17.8. The number of hydrogen-bond donors (Lipinski definition) is 2. The Balaban J connectivity index is 2.03. The van der Waals surface area contributed by atoms with Gasteiger partial charge in [-0.3, -0.25) is 14.2 Å². The minimum atomic E-state index is -3.55. The second-order valence-electron chi connectivity index (χ2n) is 5.88. The summed E-state index contributed by atoms with van der Waals surface area (Å²) in [5.41, 5.74) is 6.17. The van der Waals surface area contributed by atoms with Crippen LogP contribution >= 0.6 is 11.8 Å². The minimum Gasteiger partial charge on any atom is -0.465 e. The summed E-state index contributed by atoms with van der Waals surface area (Å²) in [5, 5.41) is 10.5. The Morgan fingerprint density at radius 3 is 2.48 bits per heavy atom. The monoisotopic (exact) mass is 442 g/mol. The Bertz CT molecular complexity index is 972. The van der Waals surface area contributed by atoms with E-state index in [2.05, 4.69) is 15.5 Å². The molecule has 0 aliphatic heterocycles. The highest BCUT2D eigenvalue weighted by Crippen LogP contribution is 2.19. The SMILES string of the molecule is CCOC(=O)CSc1nnc(N)n1CC(=O)Nc1ccc(S(=O)(=O)N(C)C)cc1. The van der Waals surface area contributed by atoms with Crippen LogP contribution in [0.3, 0.4) is 0 Å². The number of esters is 1. The first-order chi connectivity index (χ1) is 13.6. The minimum absolute atomic E-state index is 0.00933. The van der Waals surface area contributed by atoms with E-state index in [1.54, 1.807) is 6.92 Å². The van der Waals surface area contributed by atoms with Crippen LogP contribution in [0.5, 0.6) is 0 Å². The van der Waals surface area contributed by atoms with Crippen molar-refractivity contribution in [3.05, 3.63) is 24.3 Å². The van der Waals surface area contributed by atoms with Gasteiger partial charge < -0.3 is 15.8 Å². The van der Waals surface area contributed by atoms with Crippen LogP contribution in [0.4, 0.5) is 11.6 Å². The predicted molar refractivity (Wildman–Crippen MR) is 108 cm³/mol. The fraction of sp³-hybridized carbons (Fsp3) is 0.375. The average molecular weight is 443 g/mol. The average Bonchev–Trinajstić information content (AvgIpc) is 3.00. The van der Waals surface area contributed by atoms with E-state index in [0.29, 0.717) is 10.8 Å². The number of thioether (sulfide) groups is 1. The highest BCUT2D eigenvalue weighted by Gasteiger charge is 2.18. The van der Waals surface area contributed by atoms with E-state index in [1.807, 2.05) is 0 Å². The molecule has 13 heteroatoms. The Morgan fingerprint density at radius 2 is 1.90 bits per heavy atom. The summed E-state index contributed by atoms with van der Waals surface area (Å²) in [6.45, 7) is 1.79. The van der Waals surface area contributed by atoms with Crippen LogP contribution in [0, 0.1) is 0 Å². The zero-order valence-electron chi connectivity index (χ0n) is 16.2. The molecule has 0 aliphatic carbocycles. The first kappa shape index (κ1) is 22.6. The summed E-state index contributed by atoms with van der Waals surface area (Å²) in [7, 11) is -0.676. The lowest BCUT2D eigenvalue weighted by atomic mass is 10.3. The highest BCUT2D eigenvalue weighted by molar-refractivity contribution is 7.99. The van der Waals surface area contributed by atoms with Crippen molar-refractivity contribution in [2.75, 3.05) is 37.5 Å². The maximum Gasteiger partial charge on any atom is 0.316 e. The number of amides is 1. The number of nitrogens with zero attached hydrogens (tertiary/aromatic N) is 4. The van der Waals surface area contributed by atoms with Gasteiger partial charge in [0, 0.05) is 19.8 Å². The lowest BCUT2D eigenvalue weighted by Gasteiger charge is -2.12. The van der Waals surface area contributed by atoms with Gasteiger partial charge in [0.1, 0.15) is 6.54 Å². The molecule has 2 rings (SSSR count). The number of nitrogen functional groups attached to an aromatic ring is 1. The Kier molecular flexibility index (Phi) is 7.59. The Hall–Kier alpha value is -2.64. The molecule has 1 aromatic carbocycles. The number of aromatic nitrogens is 3. The molecule has 0 unspecified atom stereocenters. The highest BCUT2D eigenvalue weighted by atomic mass is 32.2. The van der Waals surface area contributed by atoms with E-state index in [-0.39, 0.29) is 29.7 Å². The summed E-state index contributed by atoms with van der Waals surface area (Å²) >= 11 is 1.06. The van der Waals surface area contributed by atoms with Gasteiger partial charge in [0.25, 0.3) is 0 Å². The first-order valence-electron chi connectivity index (χ1n) is 8.44. The molecule has 3 N–H and O–H groups in total. The van der Waals surface area contributed by atoms with Crippen molar-refractivity contribution in [2.24, 2.45) is 0 Å². The van der Waals surface area contributed by atoms with Gasteiger partial charge in [-0.15, -0.1) is 10.2 Å². The second-order valence-corrected chi connectivity index (χ2v) is 8.97. The van der Waals surface area contributed by atoms with Gasteiger partial charge >= 0.3 is 5.97 Å². The normalized spacial score (nSPS) is 11.4. The molecule has 1 aromatic heterocycles. The molecule has 0 atom stereocenters. The standard InChI is InChI=1S/C16H22N6O5S2/c1-4-27-14(24)10-28-16-20-19-15(17)22(16)9-13(23)18-11-5-7-12(8-6-11)29(25,26)21(2)3/h5-8H,4,9-10H2,1-3H3,(H2,17,19)(H,18,23). The number of benzene rings is 1. The topological polar surface area (TPSA) is 150 Å². The van der Waals surface area contributed by atoms with Gasteiger partial charge in [-0.1, -0.05) is 11.8 Å². The van der Waals surface area contributed by atoms with Crippen molar-refractivity contribution in [3.8, 4) is 0 Å². The predicted octanol–water partition coefficient (Wildman–Crippen LogP) is 0.405. The molecule has 29 heavy (non-hydrogen) atoms. The van der Waals surface area contributed by atoms with Crippen molar-refractivity contribution >= 4 is 45.3 Å². The molecular formula is C16H22N6O5S2. The second kappa shape index (κ2) is 9.71. The van der Waals surface area contributed by atoms with Crippen molar-refractivity contribution in [2.45, 2.75) is 23.5 Å². The molecule has 1 heterocycles. The van der Waals surface area contributed by atoms with Gasteiger partial charge in [0.2, 0.25) is 21.9 Å². The summed E-state index contributed by atoms with van der Waals surface area (Å²) in [6.07, 6.45) is 0. The molecule has 0 bridgehead atoms. The molecular weight excluding hydrogens is 420 g/mol. The molecule has 0 saturated heterocycles. The maximum atomic E-state index is 12.3. The molecule has 0 spiro atoms. The Morgan fingerprint density at radius 1 is 1.24 bits per heavy atom. The number of carbonyl (C=O) groups excluding carboxylic acids is 2. The van der Waals surface area contributed by atoms with Gasteiger partial charge in [0.05, 0.1) is 17.3 Å². The van der Waals surface area contributed by atoms with Crippen LogP contribution < -0.4 is 11.1 Å². The van der Waals surface area contributed by atoms with Gasteiger partial charge in [-0.25, -0.2) is 12.7 Å². The summed E-state index contributed by atoms with van der Waals surface area (Å²) in [5.74, 6) is -0.797. The number of ether oxygens (including phenoxy) is 1. The summed E-state index contributed by atoms with van der Waals surface area (Å²) < 4.78 is 31.5. The lowest BCUT2D eigenvalue weighted by Crippen LogP contribution is -2.22. The fourth-order valence-electron chi connectivity index (χ4n) is 2.15. The molecule has 158 valence electrons. The Labute approximate surface area is 172 Å². The van der Waals surface area contributed by atoms with Crippen LogP contribution in [-0.2, 0) is 30.9 Å². The fourth-order valence-corrected chi connectivity index (χ4v) is 3.79. The summed E-state index contributed by atoms with van der Waals surface area (Å²) in [4.78, 5) is 23.9. The zero-order chi connectivity index (χ0) is 21.6. The van der Waals surface area contributed by atoms with Crippen LogP contribution in [0.1, 0.15) is 6.92 Å². The summed E-state index contributed by atoms with van der Waals surface area (Å²) in [6, 6.07) is 5.78. The van der Waals surface area contributed by atoms with Crippen LogP contribution in [0.2, 0.25) is 0 Å². The van der Waals surface area contributed by atoms with Crippen LogP contribution in [0.25, 0.3) is 0 Å². The number of nitrogens with one attached hydrogen (secondary N) is 1. The lowest BCUT2D eigenvalue weighted by molar-refractivity contribution is -0.139. The van der Waals surface area contributed by atoms with Crippen LogP contribution in [-0.4, -0.2) is 65.8 Å². The molecule has 1 amide bonds. The number of anilines is 2. The van der Waals surface area contributed by atoms with Crippen molar-refractivity contribution in [1.29, 1.82) is 0 Å². The van der Waals surface area contributed by atoms with Crippen LogP contribution in [0.15, 0.2) is 34.3 Å². The van der Waals surface area contributed by atoms with Crippen molar-refractivity contribution in [1.82, 2.24) is 19.1 Å².